The lowest BCUT2D eigenvalue weighted by Gasteiger charge is -2.18. The first-order valence-electron chi connectivity index (χ1n) is 7.30. The number of carbonyl (C=O) groups is 1. The Bertz CT molecular complexity index is 670. The molecule has 0 fully saturated rings. The van der Waals surface area contributed by atoms with Crippen molar-refractivity contribution in [1.29, 1.82) is 0 Å². The molecule has 0 bridgehead atoms. The molecule has 0 unspecified atom stereocenters. The van der Waals surface area contributed by atoms with E-state index < -0.39 is 6.10 Å². The van der Waals surface area contributed by atoms with Crippen LogP contribution in [0, 0.1) is 13.8 Å². The number of anilines is 1. The maximum Gasteiger partial charge on any atom is 0.265 e. The number of rotatable bonds is 5. The number of hydrogen-bond acceptors (Lipinski definition) is 2. The monoisotopic (exact) mass is 317 g/mol. The Morgan fingerprint density at radius 2 is 2.00 bits per heavy atom. The highest BCUT2D eigenvalue weighted by Gasteiger charge is 2.19. The van der Waals surface area contributed by atoms with Gasteiger partial charge >= 0.3 is 0 Å². The summed E-state index contributed by atoms with van der Waals surface area (Å²) in [5, 5.41) is 3.51. The number of carbonyl (C=O) groups excluding carboxylic acids is 1. The molecule has 0 heterocycles. The molecule has 1 atom stereocenters. The molecular formula is C18H20ClNO2. The van der Waals surface area contributed by atoms with Gasteiger partial charge < -0.3 is 10.1 Å². The summed E-state index contributed by atoms with van der Waals surface area (Å²) in [4.78, 5) is 12.4. The van der Waals surface area contributed by atoms with Gasteiger partial charge in [0.25, 0.3) is 5.91 Å². The third kappa shape index (κ3) is 4.25. The topological polar surface area (TPSA) is 38.3 Å². The van der Waals surface area contributed by atoms with E-state index in [2.05, 4.69) is 5.32 Å². The minimum Gasteiger partial charge on any atom is -0.481 e. The van der Waals surface area contributed by atoms with E-state index in [9.17, 15) is 4.79 Å². The van der Waals surface area contributed by atoms with Gasteiger partial charge in [-0.25, -0.2) is 0 Å². The zero-order valence-corrected chi connectivity index (χ0v) is 13.8. The van der Waals surface area contributed by atoms with E-state index in [1.165, 1.54) is 0 Å². The summed E-state index contributed by atoms with van der Waals surface area (Å²) in [6.45, 7) is 5.91. The molecule has 1 N–H and O–H groups in total. The first-order valence-corrected chi connectivity index (χ1v) is 7.67. The quantitative estimate of drug-likeness (QED) is 0.864. The molecular weight excluding hydrogens is 298 g/mol. The predicted molar refractivity (Wildman–Crippen MR) is 90.7 cm³/mol. The van der Waals surface area contributed by atoms with Gasteiger partial charge in [0.05, 0.1) is 0 Å². The molecule has 0 aliphatic heterocycles. The standard InChI is InChI=1S/C18H20ClNO2/c1-4-17(22-15-7-5-6-14(19)11-15)18(21)20-16-9-8-12(2)10-13(16)3/h5-11,17H,4H2,1-3H3,(H,20,21)/t17-/m0/s1. The molecule has 116 valence electrons. The molecule has 0 saturated heterocycles. The third-order valence-electron chi connectivity index (χ3n) is 3.38. The number of amides is 1. The van der Waals surface area contributed by atoms with E-state index in [0.29, 0.717) is 17.2 Å². The Labute approximate surface area is 136 Å². The molecule has 0 aromatic heterocycles. The molecule has 3 nitrogen and oxygen atoms in total. The molecule has 0 aliphatic rings. The average molecular weight is 318 g/mol. The largest absolute Gasteiger partial charge is 0.481 e. The van der Waals surface area contributed by atoms with Gasteiger partial charge in [0.2, 0.25) is 0 Å². The fraction of sp³-hybridized carbons (Fsp3) is 0.278. The second-order valence-corrected chi connectivity index (χ2v) is 5.72. The van der Waals surface area contributed by atoms with Gasteiger partial charge in [-0.3, -0.25) is 4.79 Å². The predicted octanol–water partition coefficient (Wildman–Crippen LogP) is 4.75. The minimum absolute atomic E-state index is 0.158. The summed E-state index contributed by atoms with van der Waals surface area (Å²) in [6, 6.07) is 13.0. The van der Waals surface area contributed by atoms with Crippen molar-refractivity contribution in [3.63, 3.8) is 0 Å². The van der Waals surface area contributed by atoms with Crippen LogP contribution in [0.1, 0.15) is 24.5 Å². The van der Waals surface area contributed by atoms with Gasteiger partial charge in [-0.2, -0.15) is 0 Å². The normalized spacial score (nSPS) is 11.8. The summed E-state index contributed by atoms with van der Waals surface area (Å²) >= 11 is 5.94. The van der Waals surface area contributed by atoms with Crippen LogP contribution in [0.25, 0.3) is 0 Å². The lowest BCUT2D eigenvalue weighted by atomic mass is 10.1. The summed E-state index contributed by atoms with van der Waals surface area (Å²) in [5.41, 5.74) is 3.01. The molecule has 1 amide bonds. The fourth-order valence-corrected chi connectivity index (χ4v) is 2.37. The molecule has 0 radical (unpaired) electrons. The second-order valence-electron chi connectivity index (χ2n) is 5.28. The van der Waals surface area contributed by atoms with E-state index in [1.807, 2.05) is 39.0 Å². The van der Waals surface area contributed by atoms with Gasteiger partial charge in [-0.15, -0.1) is 0 Å². The highest BCUT2D eigenvalue weighted by Crippen LogP contribution is 2.21. The van der Waals surface area contributed by atoms with Gasteiger partial charge in [0.1, 0.15) is 5.75 Å². The van der Waals surface area contributed by atoms with Crippen LogP contribution in [0.2, 0.25) is 5.02 Å². The Balaban J connectivity index is 2.08. The summed E-state index contributed by atoms with van der Waals surface area (Å²) < 4.78 is 5.75. The maximum absolute atomic E-state index is 12.4. The highest BCUT2D eigenvalue weighted by atomic mass is 35.5. The molecule has 0 spiro atoms. The number of benzene rings is 2. The van der Waals surface area contributed by atoms with Crippen LogP contribution in [0.3, 0.4) is 0 Å². The third-order valence-corrected chi connectivity index (χ3v) is 3.61. The molecule has 2 aromatic carbocycles. The fourth-order valence-electron chi connectivity index (χ4n) is 2.19. The number of ether oxygens (including phenoxy) is 1. The smallest absolute Gasteiger partial charge is 0.265 e. The molecule has 2 aromatic rings. The van der Waals surface area contributed by atoms with E-state index in [4.69, 9.17) is 16.3 Å². The number of halogens is 1. The van der Waals surface area contributed by atoms with E-state index in [-0.39, 0.29) is 5.91 Å². The van der Waals surface area contributed by atoms with Gasteiger partial charge in [0.15, 0.2) is 6.10 Å². The molecule has 2 rings (SSSR count). The van der Waals surface area contributed by atoms with Crippen molar-refractivity contribution in [2.75, 3.05) is 5.32 Å². The first kappa shape index (κ1) is 16.4. The Kier molecular flexibility index (Phi) is 5.45. The Hall–Kier alpha value is -2.00. The van der Waals surface area contributed by atoms with E-state index in [0.717, 1.165) is 16.8 Å². The Morgan fingerprint density at radius 1 is 1.23 bits per heavy atom. The molecule has 22 heavy (non-hydrogen) atoms. The van der Waals surface area contributed by atoms with Crippen LogP contribution < -0.4 is 10.1 Å². The van der Waals surface area contributed by atoms with Crippen molar-refractivity contribution < 1.29 is 9.53 Å². The van der Waals surface area contributed by atoms with Crippen molar-refractivity contribution in [1.82, 2.24) is 0 Å². The lowest BCUT2D eigenvalue weighted by molar-refractivity contribution is -0.122. The summed E-state index contributed by atoms with van der Waals surface area (Å²) in [5.74, 6) is 0.435. The number of nitrogens with one attached hydrogen (secondary N) is 1. The van der Waals surface area contributed by atoms with Gasteiger partial charge in [-0.1, -0.05) is 42.3 Å². The zero-order chi connectivity index (χ0) is 16.1. The summed E-state index contributed by atoms with van der Waals surface area (Å²) in [6.07, 6.45) is 0.0163. The van der Waals surface area contributed by atoms with Crippen LogP contribution in [0.5, 0.6) is 5.75 Å². The second kappa shape index (κ2) is 7.32. The zero-order valence-electron chi connectivity index (χ0n) is 13.0. The molecule has 0 aliphatic carbocycles. The van der Waals surface area contributed by atoms with Crippen LogP contribution in [-0.2, 0) is 4.79 Å². The summed E-state index contributed by atoms with van der Waals surface area (Å²) in [7, 11) is 0. The van der Waals surface area contributed by atoms with Crippen molar-refractivity contribution in [3.8, 4) is 5.75 Å². The number of aryl methyl sites for hydroxylation is 2. The van der Waals surface area contributed by atoms with E-state index in [1.54, 1.807) is 24.3 Å². The van der Waals surface area contributed by atoms with Crippen molar-refractivity contribution in [3.05, 3.63) is 58.6 Å². The van der Waals surface area contributed by atoms with Crippen LogP contribution in [0.15, 0.2) is 42.5 Å². The van der Waals surface area contributed by atoms with Crippen molar-refractivity contribution in [2.45, 2.75) is 33.3 Å². The average Bonchev–Trinajstić information content (AvgIpc) is 2.47. The van der Waals surface area contributed by atoms with Gasteiger partial charge in [0, 0.05) is 10.7 Å². The van der Waals surface area contributed by atoms with Crippen molar-refractivity contribution >= 4 is 23.2 Å². The van der Waals surface area contributed by atoms with Crippen LogP contribution >= 0.6 is 11.6 Å². The molecule has 4 heteroatoms. The lowest BCUT2D eigenvalue weighted by Crippen LogP contribution is -2.32. The highest BCUT2D eigenvalue weighted by molar-refractivity contribution is 6.30. The number of hydrogen-bond donors (Lipinski definition) is 1. The SMILES string of the molecule is CC[C@H](Oc1cccc(Cl)c1)C(=O)Nc1ccc(C)cc1C. The van der Waals surface area contributed by atoms with Gasteiger partial charge in [-0.05, 0) is 50.1 Å². The van der Waals surface area contributed by atoms with Crippen molar-refractivity contribution in [2.24, 2.45) is 0 Å². The first-order chi connectivity index (χ1) is 10.5. The minimum atomic E-state index is -0.556. The maximum atomic E-state index is 12.4. The van der Waals surface area contributed by atoms with Crippen LogP contribution in [-0.4, -0.2) is 12.0 Å². The molecule has 0 saturated carbocycles. The van der Waals surface area contributed by atoms with Crippen LogP contribution in [0.4, 0.5) is 5.69 Å². The Morgan fingerprint density at radius 3 is 2.64 bits per heavy atom. The van der Waals surface area contributed by atoms with E-state index >= 15 is 0 Å².